The number of halogens is 2. The Kier molecular flexibility index (Phi) is 10.8. The van der Waals surface area contributed by atoms with E-state index in [4.69, 9.17) is 24.1 Å². The summed E-state index contributed by atoms with van der Waals surface area (Å²) < 4.78 is 52.2. The molecule has 1 fully saturated rings. The molecule has 0 atom stereocenters. The van der Waals surface area contributed by atoms with Gasteiger partial charge < -0.3 is 33.5 Å². The van der Waals surface area contributed by atoms with E-state index < -0.39 is 23.6 Å². The van der Waals surface area contributed by atoms with Gasteiger partial charge in [-0.1, -0.05) is 30.3 Å². The first-order valence-corrected chi connectivity index (χ1v) is 13.3. The minimum absolute atomic E-state index is 0.0644. The fourth-order valence-electron chi connectivity index (χ4n) is 4.50. The number of amides is 2. The monoisotopic (exact) mass is 576 g/mol. The van der Waals surface area contributed by atoms with Gasteiger partial charge in [0.2, 0.25) is 0 Å². The molecule has 13 heteroatoms. The number of hydrogen-bond donors (Lipinski definition) is 2. The number of carbonyl (C=O) groups excluding carboxylic acids is 1. The summed E-state index contributed by atoms with van der Waals surface area (Å²) in [6, 6.07) is 11.9. The van der Waals surface area contributed by atoms with Crippen molar-refractivity contribution in [3.8, 4) is 5.75 Å². The van der Waals surface area contributed by atoms with Gasteiger partial charge >= 0.3 is 6.09 Å². The molecule has 0 spiro atoms. The molecule has 2 heterocycles. The number of benzene rings is 2. The van der Waals surface area contributed by atoms with Crippen LogP contribution in [-0.2, 0) is 27.9 Å². The predicted octanol–water partition coefficient (Wildman–Crippen LogP) is 3.03. The van der Waals surface area contributed by atoms with Crippen molar-refractivity contribution in [2.45, 2.75) is 6.61 Å². The maximum atomic E-state index is 14.2. The van der Waals surface area contributed by atoms with Crippen molar-refractivity contribution in [3.05, 3.63) is 65.4 Å². The van der Waals surface area contributed by atoms with Crippen molar-refractivity contribution in [3.63, 3.8) is 0 Å². The highest BCUT2D eigenvalue weighted by molar-refractivity contribution is 6.04. The van der Waals surface area contributed by atoms with E-state index in [0.717, 1.165) is 17.7 Å². The second-order valence-corrected chi connectivity index (χ2v) is 9.33. The predicted molar refractivity (Wildman–Crippen MR) is 145 cm³/mol. The van der Waals surface area contributed by atoms with Gasteiger partial charge in [-0.3, -0.25) is 10.2 Å². The van der Waals surface area contributed by atoms with Gasteiger partial charge in [0.25, 0.3) is 5.91 Å². The molecule has 3 aromatic rings. The minimum Gasteiger partial charge on any atom is -0.488 e. The SMILES string of the molecule is Cn1c(C(=O)N2CCN(NC(=O)O)CC2)c(OCCOCCOCCOCc2ccccc2)c2cc(F)c(F)cc21. The van der Waals surface area contributed by atoms with Crippen molar-refractivity contribution < 1.29 is 42.4 Å². The van der Waals surface area contributed by atoms with Crippen LogP contribution in [0, 0.1) is 11.6 Å². The van der Waals surface area contributed by atoms with E-state index in [1.165, 1.54) is 9.58 Å². The Morgan fingerprint density at radius 1 is 0.878 bits per heavy atom. The fourth-order valence-corrected chi connectivity index (χ4v) is 4.50. The zero-order valence-corrected chi connectivity index (χ0v) is 22.8. The number of nitrogens with one attached hydrogen (secondary N) is 1. The third-order valence-corrected chi connectivity index (χ3v) is 6.55. The molecule has 0 aliphatic carbocycles. The second kappa shape index (κ2) is 14.7. The van der Waals surface area contributed by atoms with Crippen LogP contribution < -0.4 is 10.2 Å². The van der Waals surface area contributed by atoms with Crippen LogP contribution in [0.4, 0.5) is 13.6 Å². The summed E-state index contributed by atoms with van der Waals surface area (Å²) in [7, 11) is 1.58. The van der Waals surface area contributed by atoms with Crippen LogP contribution in [0.2, 0.25) is 0 Å². The lowest BCUT2D eigenvalue weighted by atomic mass is 10.2. The van der Waals surface area contributed by atoms with E-state index in [1.54, 1.807) is 11.9 Å². The van der Waals surface area contributed by atoms with Crippen molar-refractivity contribution in [1.82, 2.24) is 19.9 Å². The molecule has 1 aliphatic heterocycles. The van der Waals surface area contributed by atoms with Gasteiger partial charge in [0.05, 0.1) is 45.2 Å². The first-order chi connectivity index (χ1) is 19.8. The third kappa shape index (κ3) is 8.13. The van der Waals surface area contributed by atoms with Crippen LogP contribution in [0.5, 0.6) is 5.75 Å². The number of ether oxygens (including phenoxy) is 4. The largest absolute Gasteiger partial charge is 0.488 e. The van der Waals surface area contributed by atoms with Crippen molar-refractivity contribution in [2.24, 2.45) is 7.05 Å². The normalized spacial score (nSPS) is 14.0. The summed E-state index contributed by atoms with van der Waals surface area (Å²) in [4.78, 5) is 25.9. The third-order valence-electron chi connectivity index (χ3n) is 6.55. The molecule has 0 unspecified atom stereocenters. The van der Waals surface area contributed by atoms with Crippen LogP contribution >= 0.6 is 0 Å². The smallest absolute Gasteiger partial charge is 0.419 e. The Morgan fingerprint density at radius 3 is 2.15 bits per heavy atom. The van der Waals surface area contributed by atoms with E-state index in [2.05, 4.69) is 5.43 Å². The number of carboxylic acid groups (broad SMARTS) is 1. The number of aryl methyl sites for hydroxylation is 1. The van der Waals surface area contributed by atoms with Crippen LogP contribution in [0.3, 0.4) is 0 Å². The molecule has 1 aliphatic rings. The first kappa shape index (κ1) is 30.2. The molecular weight excluding hydrogens is 542 g/mol. The van der Waals surface area contributed by atoms with E-state index in [9.17, 15) is 18.4 Å². The summed E-state index contributed by atoms with van der Waals surface area (Å²) in [6.45, 7) is 3.41. The quantitative estimate of drug-likeness (QED) is 0.282. The topological polar surface area (TPSA) is 115 Å². The number of hydrogen-bond acceptors (Lipinski definition) is 7. The minimum atomic E-state index is -1.18. The molecule has 41 heavy (non-hydrogen) atoms. The highest BCUT2D eigenvalue weighted by Gasteiger charge is 2.30. The molecule has 1 aromatic heterocycles. The molecule has 0 bridgehead atoms. The van der Waals surface area contributed by atoms with Crippen molar-refractivity contribution in [1.29, 1.82) is 0 Å². The maximum Gasteiger partial charge on any atom is 0.419 e. The summed E-state index contributed by atoms with van der Waals surface area (Å²) in [5, 5.41) is 10.7. The van der Waals surface area contributed by atoms with E-state index in [1.807, 2.05) is 30.3 Å². The highest BCUT2D eigenvalue weighted by atomic mass is 19.2. The van der Waals surface area contributed by atoms with Crippen molar-refractivity contribution >= 4 is 22.9 Å². The lowest BCUT2D eigenvalue weighted by Crippen LogP contribution is -2.54. The molecule has 2 N–H and O–H groups in total. The van der Waals surface area contributed by atoms with Gasteiger partial charge in [0.1, 0.15) is 6.61 Å². The van der Waals surface area contributed by atoms with Gasteiger partial charge in [0, 0.05) is 44.7 Å². The highest BCUT2D eigenvalue weighted by Crippen LogP contribution is 2.35. The maximum absolute atomic E-state index is 14.2. The Hall–Kier alpha value is -3.78. The number of aromatic nitrogens is 1. The average molecular weight is 577 g/mol. The zero-order valence-electron chi connectivity index (χ0n) is 22.8. The molecule has 0 radical (unpaired) electrons. The van der Waals surface area contributed by atoms with E-state index in [-0.39, 0.29) is 56.2 Å². The molecule has 4 rings (SSSR count). The van der Waals surface area contributed by atoms with E-state index in [0.29, 0.717) is 38.6 Å². The first-order valence-electron chi connectivity index (χ1n) is 13.3. The Bertz CT molecular complexity index is 1310. The number of fused-ring (bicyclic) bond motifs is 1. The lowest BCUT2D eigenvalue weighted by molar-refractivity contribution is 0.00595. The van der Waals surface area contributed by atoms with Crippen LogP contribution in [0.15, 0.2) is 42.5 Å². The Labute approximate surface area is 236 Å². The molecule has 11 nitrogen and oxygen atoms in total. The lowest BCUT2D eigenvalue weighted by Gasteiger charge is -2.34. The Morgan fingerprint density at radius 2 is 1.49 bits per heavy atom. The van der Waals surface area contributed by atoms with Gasteiger partial charge in [-0.15, -0.1) is 0 Å². The Balaban J connectivity index is 1.27. The fraction of sp³-hybridized carbons (Fsp3) is 0.429. The standard InChI is InChI=1S/C28H34F2N4O7/c1-32-24-18-23(30)22(29)17-21(24)26(25(32)27(35)33-7-9-34(10-8-33)31-28(36)37)41-16-15-39-12-11-38-13-14-40-19-20-5-3-2-4-6-20/h2-6,17-18,31H,7-16,19H2,1H3,(H,36,37). The van der Waals surface area contributed by atoms with Crippen LogP contribution in [-0.4, -0.2) is 97.4 Å². The van der Waals surface area contributed by atoms with Gasteiger partial charge in [-0.05, 0) is 11.6 Å². The second-order valence-electron chi connectivity index (χ2n) is 9.33. The summed E-state index contributed by atoms with van der Waals surface area (Å²) in [6.07, 6.45) is -1.18. The number of carbonyl (C=O) groups is 2. The molecule has 2 aromatic carbocycles. The number of nitrogens with zero attached hydrogens (tertiary/aromatic N) is 3. The number of rotatable bonds is 14. The average Bonchev–Trinajstić information content (AvgIpc) is 3.22. The van der Waals surface area contributed by atoms with Crippen LogP contribution in [0.25, 0.3) is 10.9 Å². The summed E-state index contributed by atoms with van der Waals surface area (Å²) in [5.74, 6) is -2.35. The number of hydrazine groups is 1. The van der Waals surface area contributed by atoms with E-state index >= 15 is 0 Å². The zero-order chi connectivity index (χ0) is 29.2. The molecule has 1 saturated heterocycles. The number of piperazine rings is 1. The molecule has 2 amide bonds. The summed E-state index contributed by atoms with van der Waals surface area (Å²) in [5.41, 5.74) is 3.81. The summed E-state index contributed by atoms with van der Waals surface area (Å²) >= 11 is 0. The molecule has 222 valence electrons. The van der Waals surface area contributed by atoms with Gasteiger partial charge in [-0.2, -0.15) is 0 Å². The van der Waals surface area contributed by atoms with Gasteiger partial charge in [0.15, 0.2) is 23.1 Å². The van der Waals surface area contributed by atoms with Crippen molar-refractivity contribution in [2.75, 3.05) is 65.8 Å². The molecular formula is C28H34F2N4O7. The van der Waals surface area contributed by atoms with Crippen LogP contribution in [0.1, 0.15) is 16.1 Å². The van der Waals surface area contributed by atoms with Gasteiger partial charge in [-0.25, -0.2) is 18.6 Å². The molecule has 0 saturated carbocycles.